The van der Waals surface area contributed by atoms with Gasteiger partial charge in [0.15, 0.2) is 0 Å². The highest BCUT2D eigenvalue weighted by molar-refractivity contribution is 6.18. The van der Waals surface area contributed by atoms with Crippen LogP contribution in [0.2, 0.25) is 0 Å². The van der Waals surface area contributed by atoms with Gasteiger partial charge >= 0.3 is 0 Å². The molecular weight excluding hydrogens is 394 g/mol. The summed E-state index contributed by atoms with van der Waals surface area (Å²) in [6.07, 6.45) is 0.384. The van der Waals surface area contributed by atoms with Crippen molar-refractivity contribution in [3.63, 3.8) is 0 Å². The Kier molecular flexibility index (Phi) is 6.39. The lowest BCUT2D eigenvalue weighted by Crippen LogP contribution is -2.63. The SMILES string of the molecule is Cc1ccc(C[C@H](Nc2ccccc2[N+](=O)[O-])C(=O)N2CC(CO)(CCl)C2)cc1. The van der Waals surface area contributed by atoms with Crippen molar-refractivity contribution in [2.75, 3.05) is 30.9 Å². The highest BCUT2D eigenvalue weighted by atomic mass is 35.5. The van der Waals surface area contributed by atoms with E-state index in [9.17, 15) is 20.0 Å². The van der Waals surface area contributed by atoms with Gasteiger partial charge in [0, 0.05) is 36.9 Å². The molecule has 0 unspecified atom stereocenters. The molecule has 2 N–H and O–H groups in total. The van der Waals surface area contributed by atoms with Crippen LogP contribution in [0.5, 0.6) is 0 Å². The first-order chi connectivity index (χ1) is 13.9. The Bertz CT molecular complexity index is 876. The van der Waals surface area contributed by atoms with Crippen LogP contribution < -0.4 is 5.32 Å². The van der Waals surface area contributed by atoms with Gasteiger partial charge in [0.25, 0.3) is 5.69 Å². The molecule has 0 bridgehead atoms. The van der Waals surface area contributed by atoms with Gasteiger partial charge < -0.3 is 15.3 Å². The number of aliphatic hydroxyl groups excluding tert-OH is 1. The highest BCUT2D eigenvalue weighted by Crippen LogP contribution is 2.33. The first kappa shape index (κ1) is 21.1. The number of nitrogens with zero attached hydrogens (tertiary/aromatic N) is 2. The number of alkyl halides is 1. The number of para-hydroxylation sites is 2. The van der Waals surface area contributed by atoms with Gasteiger partial charge in [-0.3, -0.25) is 14.9 Å². The molecule has 1 atom stereocenters. The second kappa shape index (κ2) is 8.80. The van der Waals surface area contributed by atoms with E-state index in [1.807, 2.05) is 31.2 Å². The topological polar surface area (TPSA) is 95.7 Å². The van der Waals surface area contributed by atoms with E-state index in [4.69, 9.17) is 11.6 Å². The molecule has 1 saturated heterocycles. The number of aliphatic hydroxyl groups is 1. The number of aryl methyl sites for hydroxylation is 1. The van der Waals surface area contributed by atoms with E-state index in [-0.39, 0.29) is 24.1 Å². The first-order valence-corrected chi connectivity index (χ1v) is 9.92. The Labute approximate surface area is 174 Å². The van der Waals surface area contributed by atoms with Gasteiger partial charge in [-0.15, -0.1) is 11.6 Å². The number of rotatable bonds is 8. The second-order valence-corrected chi connectivity index (χ2v) is 7.91. The maximum absolute atomic E-state index is 13.2. The third-order valence-corrected chi connectivity index (χ3v) is 5.84. The molecule has 0 saturated carbocycles. The summed E-state index contributed by atoms with van der Waals surface area (Å²) >= 11 is 5.95. The number of anilines is 1. The summed E-state index contributed by atoms with van der Waals surface area (Å²) in [6, 6.07) is 13.4. The lowest BCUT2D eigenvalue weighted by molar-refractivity contribution is -0.384. The van der Waals surface area contributed by atoms with E-state index in [0.717, 1.165) is 11.1 Å². The van der Waals surface area contributed by atoms with Gasteiger partial charge in [-0.2, -0.15) is 0 Å². The van der Waals surface area contributed by atoms with Crippen molar-refractivity contribution in [2.24, 2.45) is 5.41 Å². The van der Waals surface area contributed by atoms with Crippen molar-refractivity contribution >= 4 is 28.9 Å². The fraction of sp³-hybridized carbons (Fsp3) is 0.381. The molecule has 1 amide bonds. The average molecular weight is 418 g/mol. The minimum Gasteiger partial charge on any atom is -0.396 e. The molecule has 0 aliphatic carbocycles. The van der Waals surface area contributed by atoms with E-state index in [1.54, 1.807) is 23.1 Å². The molecule has 1 aliphatic rings. The number of nitro groups is 1. The summed E-state index contributed by atoms with van der Waals surface area (Å²) in [5.74, 6) is 0.103. The fourth-order valence-electron chi connectivity index (χ4n) is 3.47. The summed E-state index contributed by atoms with van der Waals surface area (Å²) in [5, 5.41) is 24.0. The quantitative estimate of drug-likeness (QED) is 0.391. The highest BCUT2D eigenvalue weighted by Gasteiger charge is 2.45. The number of carbonyl (C=O) groups is 1. The third kappa shape index (κ3) is 4.68. The normalized spacial score (nSPS) is 16.0. The van der Waals surface area contributed by atoms with Crippen molar-refractivity contribution in [1.29, 1.82) is 0 Å². The van der Waals surface area contributed by atoms with E-state index in [1.165, 1.54) is 6.07 Å². The van der Waals surface area contributed by atoms with Crippen molar-refractivity contribution in [3.05, 3.63) is 69.8 Å². The van der Waals surface area contributed by atoms with Crippen LogP contribution >= 0.6 is 11.6 Å². The van der Waals surface area contributed by atoms with Crippen LogP contribution in [-0.4, -0.2) is 52.5 Å². The Hall–Kier alpha value is -2.64. The Morgan fingerprint density at radius 1 is 1.28 bits per heavy atom. The summed E-state index contributed by atoms with van der Waals surface area (Å²) in [6.45, 7) is 2.64. The minimum atomic E-state index is -0.675. The zero-order chi connectivity index (χ0) is 21.0. The maximum atomic E-state index is 13.2. The smallest absolute Gasteiger partial charge is 0.292 e. The molecule has 0 aromatic heterocycles. The van der Waals surface area contributed by atoms with Crippen molar-refractivity contribution in [2.45, 2.75) is 19.4 Å². The van der Waals surface area contributed by atoms with Crippen molar-refractivity contribution < 1.29 is 14.8 Å². The summed E-state index contributed by atoms with van der Waals surface area (Å²) in [7, 11) is 0. The third-order valence-electron chi connectivity index (χ3n) is 5.27. The lowest BCUT2D eigenvalue weighted by atomic mass is 9.82. The number of hydrogen-bond donors (Lipinski definition) is 2. The first-order valence-electron chi connectivity index (χ1n) is 9.38. The van der Waals surface area contributed by atoms with Crippen LogP contribution in [0.3, 0.4) is 0 Å². The van der Waals surface area contributed by atoms with Gasteiger partial charge in [-0.1, -0.05) is 42.0 Å². The monoisotopic (exact) mass is 417 g/mol. The van der Waals surface area contributed by atoms with Crippen LogP contribution in [-0.2, 0) is 11.2 Å². The largest absolute Gasteiger partial charge is 0.396 e. The van der Waals surface area contributed by atoms with Gasteiger partial charge in [0.2, 0.25) is 5.91 Å². The molecule has 8 heteroatoms. The second-order valence-electron chi connectivity index (χ2n) is 7.65. The number of halogens is 1. The minimum absolute atomic E-state index is 0.0803. The predicted octanol–water partition coefficient (Wildman–Crippen LogP) is 2.99. The van der Waals surface area contributed by atoms with Gasteiger partial charge in [0.05, 0.1) is 11.5 Å². The molecule has 3 rings (SSSR count). The number of benzene rings is 2. The number of carbonyl (C=O) groups excluding carboxylic acids is 1. The number of nitro benzene ring substituents is 1. The number of likely N-dealkylation sites (tertiary alicyclic amines) is 1. The molecular formula is C21H24ClN3O4. The van der Waals surface area contributed by atoms with Crippen LogP contribution in [0.4, 0.5) is 11.4 Å². The van der Waals surface area contributed by atoms with Crippen LogP contribution in [0.25, 0.3) is 0 Å². The molecule has 1 fully saturated rings. The molecule has 2 aromatic rings. The number of hydrogen-bond acceptors (Lipinski definition) is 5. The van der Waals surface area contributed by atoms with Gasteiger partial charge in [-0.05, 0) is 18.6 Å². The number of amides is 1. The van der Waals surface area contributed by atoms with Crippen molar-refractivity contribution in [1.82, 2.24) is 4.90 Å². The average Bonchev–Trinajstić information content (AvgIpc) is 2.69. The zero-order valence-electron chi connectivity index (χ0n) is 16.2. The summed E-state index contributed by atoms with van der Waals surface area (Å²) in [5.41, 5.74) is 1.81. The zero-order valence-corrected chi connectivity index (χ0v) is 16.9. The van der Waals surface area contributed by atoms with Crippen molar-refractivity contribution in [3.8, 4) is 0 Å². The number of nitrogens with one attached hydrogen (secondary N) is 1. The Morgan fingerprint density at radius 3 is 2.52 bits per heavy atom. The Balaban J connectivity index is 1.83. The summed E-state index contributed by atoms with van der Waals surface area (Å²) in [4.78, 5) is 25.7. The van der Waals surface area contributed by atoms with E-state index in [2.05, 4.69) is 5.32 Å². The molecule has 1 heterocycles. The van der Waals surface area contributed by atoms with E-state index >= 15 is 0 Å². The Morgan fingerprint density at radius 2 is 1.93 bits per heavy atom. The molecule has 0 spiro atoms. The van der Waals surface area contributed by atoms with E-state index in [0.29, 0.717) is 25.2 Å². The van der Waals surface area contributed by atoms with Crippen LogP contribution in [0.15, 0.2) is 48.5 Å². The predicted molar refractivity (Wildman–Crippen MR) is 112 cm³/mol. The molecule has 154 valence electrons. The molecule has 2 aromatic carbocycles. The fourth-order valence-corrected chi connectivity index (χ4v) is 3.72. The van der Waals surface area contributed by atoms with Gasteiger partial charge in [-0.25, -0.2) is 0 Å². The molecule has 7 nitrogen and oxygen atoms in total. The standard InChI is InChI=1S/C21H24ClN3O4/c1-15-6-8-16(9-7-15)10-18(20(27)24-12-21(11-22,13-24)14-26)23-17-4-2-3-5-19(17)25(28)29/h2-9,18,23,26H,10-14H2,1H3/t18-/m0/s1. The molecule has 0 radical (unpaired) electrons. The summed E-state index contributed by atoms with van der Waals surface area (Å²) < 4.78 is 0. The lowest BCUT2D eigenvalue weighted by Gasteiger charge is -2.49. The van der Waals surface area contributed by atoms with E-state index < -0.39 is 16.4 Å². The van der Waals surface area contributed by atoms with Gasteiger partial charge in [0.1, 0.15) is 11.7 Å². The van der Waals surface area contributed by atoms with Crippen LogP contribution in [0.1, 0.15) is 11.1 Å². The molecule has 29 heavy (non-hydrogen) atoms. The molecule has 1 aliphatic heterocycles. The van der Waals surface area contributed by atoms with Crippen LogP contribution in [0, 0.1) is 22.5 Å². The maximum Gasteiger partial charge on any atom is 0.292 e.